The number of rotatable bonds is 3. The molecule has 0 atom stereocenters. The summed E-state index contributed by atoms with van der Waals surface area (Å²) in [5, 5.41) is 0. The molecule has 0 amide bonds. The second-order valence-electron chi connectivity index (χ2n) is 5.07. The third-order valence-electron chi connectivity index (χ3n) is 3.57. The van der Waals surface area contributed by atoms with Gasteiger partial charge >= 0.3 is 0 Å². The quantitative estimate of drug-likeness (QED) is 0.812. The maximum atomic E-state index is 13.6. The summed E-state index contributed by atoms with van der Waals surface area (Å²) in [5.41, 5.74) is 1.20. The number of fused-ring (bicyclic) bond motifs is 1. The molecule has 0 saturated carbocycles. The first-order chi connectivity index (χ1) is 10.2. The summed E-state index contributed by atoms with van der Waals surface area (Å²) in [4.78, 5) is 14.2. The molecule has 0 unspecified atom stereocenters. The number of halogens is 1. The van der Waals surface area contributed by atoms with Crippen LogP contribution in [0.2, 0.25) is 0 Å². The summed E-state index contributed by atoms with van der Waals surface area (Å²) in [7, 11) is 0. The van der Waals surface area contributed by atoms with Crippen LogP contribution < -0.4 is 4.74 Å². The lowest BCUT2D eigenvalue weighted by Crippen LogP contribution is -2.31. The molecule has 0 aliphatic carbocycles. The lowest BCUT2D eigenvalue weighted by atomic mass is 10.1. The van der Waals surface area contributed by atoms with Crippen LogP contribution in [0.5, 0.6) is 5.75 Å². The van der Waals surface area contributed by atoms with E-state index in [9.17, 15) is 9.18 Å². The van der Waals surface area contributed by atoms with Gasteiger partial charge in [0, 0.05) is 18.7 Å². The van der Waals surface area contributed by atoms with Gasteiger partial charge in [-0.25, -0.2) is 4.39 Å². The minimum atomic E-state index is -0.464. The second-order valence-corrected chi connectivity index (χ2v) is 5.07. The van der Waals surface area contributed by atoms with E-state index < -0.39 is 5.82 Å². The summed E-state index contributed by atoms with van der Waals surface area (Å²) >= 11 is 0. The predicted octanol–water partition coefficient (Wildman–Crippen LogP) is 2.90. The molecule has 0 bridgehead atoms. The molecule has 1 heterocycles. The molecule has 108 valence electrons. The number of carbonyl (C=O) groups is 1. The van der Waals surface area contributed by atoms with Gasteiger partial charge in [-0.15, -0.1) is 0 Å². The van der Waals surface area contributed by atoms with Crippen LogP contribution in [0.15, 0.2) is 48.5 Å². The molecular weight excluding hydrogens is 269 g/mol. The van der Waals surface area contributed by atoms with Gasteiger partial charge in [-0.2, -0.15) is 0 Å². The molecule has 0 N–H and O–H groups in total. The van der Waals surface area contributed by atoms with E-state index in [0.717, 1.165) is 11.3 Å². The van der Waals surface area contributed by atoms with E-state index in [0.29, 0.717) is 19.7 Å². The number of nitrogens with zero attached hydrogens (tertiary/aromatic N) is 1. The molecule has 1 aliphatic heterocycles. The highest BCUT2D eigenvalue weighted by molar-refractivity contribution is 5.97. The Labute approximate surface area is 123 Å². The van der Waals surface area contributed by atoms with E-state index in [2.05, 4.69) is 0 Å². The zero-order valence-electron chi connectivity index (χ0n) is 11.6. The number of carbonyl (C=O) groups excluding carboxylic acids is 1. The largest absolute Gasteiger partial charge is 0.492 e. The van der Waals surface area contributed by atoms with Gasteiger partial charge in [-0.05, 0) is 18.2 Å². The Hall–Kier alpha value is -2.20. The van der Waals surface area contributed by atoms with E-state index >= 15 is 0 Å². The van der Waals surface area contributed by atoms with Gasteiger partial charge in [-0.3, -0.25) is 9.69 Å². The third-order valence-corrected chi connectivity index (χ3v) is 3.57. The van der Waals surface area contributed by atoms with Crippen molar-refractivity contribution in [1.29, 1.82) is 0 Å². The van der Waals surface area contributed by atoms with Gasteiger partial charge in [0.05, 0.1) is 12.1 Å². The zero-order valence-corrected chi connectivity index (χ0v) is 11.6. The van der Waals surface area contributed by atoms with E-state index in [1.807, 2.05) is 29.2 Å². The van der Waals surface area contributed by atoms with Crippen molar-refractivity contribution in [2.24, 2.45) is 0 Å². The Morgan fingerprint density at radius 3 is 2.76 bits per heavy atom. The number of Topliss-reactive ketones (excluding diaryl/α,β-unsaturated/α-hetero) is 1. The number of benzene rings is 2. The van der Waals surface area contributed by atoms with Gasteiger partial charge in [-0.1, -0.05) is 30.3 Å². The minimum absolute atomic E-state index is 0.149. The van der Waals surface area contributed by atoms with E-state index in [4.69, 9.17) is 4.74 Å². The molecule has 3 rings (SSSR count). The first-order valence-electron chi connectivity index (χ1n) is 6.95. The monoisotopic (exact) mass is 285 g/mol. The van der Waals surface area contributed by atoms with E-state index in [1.165, 1.54) is 12.1 Å². The van der Waals surface area contributed by atoms with Crippen LogP contribution in [0.3, 0.4) is 0 Å². The lowest BCUT2D eigenvalue weighted by Gasteiger charge is -2.18. The van der Waals surface area contributed by atoms with Crippen molar-refractivity contribution >= 4 is 5.78 Å². The Morgan fingerprint density at radius 2 is 1.90 bits per heavy atom. The highest BCUT2D eigenvalue weighted by atomic mass is 19.1. The smallest absolute Gasteiger partial charge is 0.179 e. The average molecular weight is 285 g/mol. The highest BCUT2D eigenvalue weighted by Gasteiger charge is 2.19. The number of ketones is 1. The van der Waals surface area contributed by atoms with Crippen LogP contribution in [-0.2, 0) is 6.54 Å². The topological polar surface area (TPSA) is 29.5 Å². The minimum Gasteiger partial charge on any atom is -0.492 e. The van der Waals surface area contributed by atoms with Crippen LogP contribution in [0.25, 0.3) is 0 Å². The fourth-order valence-corrected chi connectivity index (χ4v) is 2.49. The van der Waals surface area contributed by atoms with Crippen LogP contribution in [0.4, 0.5) is 4.39 Å². The SMILES string of the molecule is O=C(CN1CCOc2ccccc2C1)c1ccccc1F. The Morgan fingerprint density at radius 1 is 1.14 bits per heavy atom. The Balaban J connectivity index is 1.74. The van der Waals surface area contributed by atoms with Crippen LogP contribution >= 0.6 is 0 Å². The molecule has 0 fully saturated rings. The van der Waals surface area contributed by atoms with Gasteiger partial charge in [0.1, 0.15) is 18.2 Å². The normalized spacial score (nSPS) is 14.9. The standard InChI is InChI=1S/C17H16FNO2/c18-15-7-3-2-6-14(15)16(20)12-19-9-10-21-17-8-4-1-5-13(17)11-19/h1-8H,9-12H2. The molecule has 2 aromatic rings. The zero-order chi connectivity index (χ0) is 14.7. The number of hydrogen-bond donors (Lipinski definition) is 0. The summed E-state index contributed by atoms with van der Waals surface area (Å²) in [5.74, 6) is 0.194. The first-order valence-corrected chi connectivity index (χ1v) is 6.95. The van der Waals surface area contributed by atoms with Crippen molar-refractivity contribution in [3.63, 3.8) is 0 Å². The molecule has 3 nitrogen and oxygen atoms in total. The van der Waals surface area contributed by atoms with Crippen LogP contribution in [-0.4, -0.2) is 30.4 Å². The van der Waals surface area contributed by atoms with Gasteiger partial charge in [0.15, 0.2) is 5.78 Å². The molecule has 1 aliphatic rings. The molecule has 4 heteroatoms. The van der Waals surface area contributed by atoms with Crippen molar-refractivity contribution < 1.29 is 13.9 Å². The highest BCUT2D eigenvalue weighted by Crippen LogP contribution is 2.22. The van der Waals surface area contributed by atoms with Crippen molar-refractivity contribution in [1.82, 2.24) is 4.90 Å². The predicted molar refractivity (Wildman–Crippen MR) is 77.9 cm³/mol. The number of ether oxygens (including phenoxy) is 1. The molecule has 0 spiro atoms. The molecule has 0 radical (unpaired) electrons. The lowest BCUT2D eigenvalue weighted by molar-refractivity contribution is 0.0917. The van der Waals surface area contributed by atoms with Crippen molar-refractivity contribution in [3.8, 4) is 5.75 Å². The second kappa shape index (κ2) is 6.06. The van der Waals surface area contributed by atoms with Crippen LogP contribution in [0, 0.1) is 5.82 Å². The number of hydrogen-bond acceptors (Lipinski definition) is 3. The maximum absolute atomic E-state index is 13.6. The fraction of sp³-hybridized carbons (Fsp3) is 0.235. The molecular formula is C17H16FNO2. The number of para-hydroxylation sites is 1. The van der Waals surface area contributed by atoms with E-state index in [1.54, 1.807) is 12.1 Å². The van der Waals surface area contributed by atoms with Crippen molar-refractivity contribution in [3.05, 3.63) is 65.5 Å². The average Bonchev–Trinajstić information content (AvgIpc) is 2.69. The molecule has 0 saturated heterocycles. The molecule has 0 aromatic heterocycles. The third kappa shape index (κ3) is 3.11. The summed E-state index contributed by atoms with van der Waals surface area (Å²) in [6.07, 6.45) is 0. The van der Waals surface area contributed by atoms with Gasteiger partial charge in [0.2, 0.25) is 0 Å². The Bertz CT molecular complexity index is 657. The first kappa shape index (κ1) is 13.8. The molecule has 2 aromatic carbocycles. The van der Waals surface area contributed by atoms with Crippen molar-refractivity contribution in [2.45, 2.75) is 6.54 Å². The summed E-state index contributed by atoms with van der Waals surface area (Å²) in [6.45, 7) is 2.01. The van der Waals surface area contributed by atoms with Gasteiger partial charge < -0.3 is 4.74 Å². The summed E-state index contributed by atoms with van der Waals surface area (Å²) < 4.78 is 19.3. The van der Waals surface area contributed by atoms with Crippen molar-refractivity contribution in [2.75, 3.05) is 19.7 Å². The maximum Gasteiger partial charge on any atom is 0.179 e. The van der Waals surface area contributed by atoms with Crippen LogP contribution in [0.1, 0.15) is 15.9 Å². The Kier molecular flexibility index (Phi) is 3.97. The molecule has 21 heavy (non-hydrogen) atoms. The van der Waals surface area contributed by atoms with Gasteiger partial charge in [0.25, 0.3) is 0 Å². The van der Waals surface area contributed by atoms with E-state index in [-0.39, 0.29) is 17.9 Å². The fourth-order valence-electron chi connectivity index (χ4n) is 2.49. The summed E-state index contributed by atoms with van der Waals surface area (Å²) in [6, 6.07) is 13.9.